The molecule has 3 N–H and O–H groups in total. The third-order valence-corrected chi connectivity index (χ3v) is 0.605. The Morgan fingerprint density at radius 1 is 1.78 bits per heavy atom. The van der Waals surface area contributed by atoms with Crippen molar-refractivity contribution in [3.63, 3.8) is 0 Å². The number of carbonyl (C=O) groups is 1. The molecule has 0 radical (unpaired) electrons. The third kappa shape index (κ3) is 11.2. The first-order valence-electron chi connectivity index (χ1n) is 2.29. The molecule has 0 saturated heterocycles. The van der Waals surface area contributed by atoms with Gasteiger partial charge in [-0.25, -0.2) is 4.79 Å². The molecular weight excluding hydrogens is 144 g/mol. The standard InChI is InChI=1S/C4H10N2O2.ClH/c1-8-3-2-6-4(5)7;/h2-3H2,1H3,(H3,5,6,7);1H. The number of ether oxygens (including phenoxy) is 1. The Morgan fingerprint density at radius 2 is 2.33 bits per heavy atom. The van der Waals surface area contributed by atoms with E-state index < -0.39 is 6.03 Å². The Hall–Kier alpha value is -0.480. The maximum absolute atomic E-state index is 9.93. The third-order valence-electron chi connectivity index (χ3n) is 0.605. The van der Waals surface area contributed by atoms with E-state index in [0.29, 0.717) is 13.2 Å². The van der Waals surface area contributed by atoms with Crippen LogP contribution in [-0.2, 0) is 4.74 Å². The summed E-state index contributed by atoms with van der Waals surface area (Å²) in [6.45, 7) is 0.981. The molecule has 0 spiro atoms. The van der Waals surface area contributed by atoms with E-state index >= 15 is 0 Å². The van der Waals surface area contributed by atoms with Gasteiger partial charge in [-0.2, -0.15) is 0 Å². The predicted molar refractivity (Wildman–Crippen MR) is 36.7 cm³/mol. The zero-order valence-corrected chi connectivity index (χ0v) is 6.03. The lowest BCUT2D eigenvalue weighted by Crippen LogP contribution is -2.31. The van der Waals surface area contributed by atoms with E-state index in [1.807, 2.05) is 0 Å². The monoisotopic (exact) mass is 154 g/mol. The van der Waals surface area contributed by atoms with Gasteiger partial charge in [-0.05, 0) is 0 Å². The van der Waals surface area contributed by atoms with Crippen LogP contribution in [0.2, 0.25) is 0 Å². The number of urea groups is 1. The molecule has 56 valence electrons. The minimum absolute atomic E-state index is 0. The smallest absolute Gasteiger partial charge is 0.312 e. The van der Waals surface area contributed by atoms with Crippen molar-refractivity contribution in [3.8, 4) is 0 Å². The minimum atomic E-state index is -0.512. The molecular formula is C4H11ClN2O2. The molecule has 0 aromatic carbocycles. The summed E-state index contributed by atoms with van der Waals surface area (Å²) in [4.78, 5) is 9.93. The lowest BCUT2D eigenvalue weighted by Gasteiger charge is -1.97. The molecule has 0 aliphatic rings. The molecule has 9 heavy (non-hydrogen) atoms. The van der Waals surface area contributed by atoms with Gasteiger partial charge in [-0.1, -0.05) is 0 Å². The van der Waals surface area contributed by atoms with Gasteiger partial charge in [-0.15, -0.1) is 12.4 Å². The van der Waals surface area contributed by atoms with Crippen molar-refractivity contribution in [2.24, 2.45) is 5.73 Å². The van der Waals surface area contributed by atoms with Crippen molar-refractivity contribution in [1.29, 1.82) is 0 Å². The average Bonchev–Trinajstić information content (AvgIpc) is 1.66. The normalized spacial score (nSPS) is 7.67. The zero-order valence-electron chi connectivity index (χ0n) is 5.22. The van der Waals surface area contributed by atoms with E-state index in [4.69, 9.17) is 5.73 Å². The van der Waals surface area contributed by atoms with Gasteiger partial charge in [0.1, 0.15) is 0 Å². The van der Waals surface area contributed by atoms with Crippen LogP contribution in [0.4, 0.5) is 4.79 Å². The Kier molecular flexibility index (Phi) is 9.47. The Labute approximate surface area is 60.2 Å². The zero-order chi connectivity index (χ0) is 6.41. The first kappa shape index (κ1) is 11.3. The molecule has 0 aliphatic carbocycles. The van der Waals surface area contributed by atoms with Crippen LogP contribution in [0.3, 0.4) is 0 Å². The lowest BCUT2D eigenvalue weighted by atomic mass is 10.7. The van der Waals surface area contributed by atoms with Crippen LogP contribution in [0.15, 0.2) is 0 Å². The summed E-state index contributed by atoms with van der Waals surface area (Å²) in [5.74, 6) is 0. The number of carbonyl (C=O) groups excluding carboxylic acids is 1. The number of amides is 2. The van der Waals surface area contributed by atoms with Crippen molar-refractivity contribution >= 4 is 18.4 Å². The van der Waals surface area contributed by atoms with Gasteiger partial charge in [0.15, 0.2) is 0 Å². The fourth-order valence-corrected chi connectivity index (χ4v) is 0.276. The van der Waals surface area contributed by atoms with Crippen molar-refractivity contribution in [1.82, 2.24) is 5.32 Å². The van der Waals surface area contributed by atoms with Gasteiger partial charge in [-0.3, -0.25) is 0 Å². The minimum Gasteiger partial charge on any atom is -0.383 e. The molecule has 0 atom stereocenters. The summed E-state index contributed by atoms with van der Waals surface area (Å²) in [6, 6.07) is -0.512. The van der Waals surface area contributed by atoms with E-state index in [1.165, 1.54) is 0 Å². The van der Waals surface area contributed by atoms with Gasteiger partial charge in [0.2, 0.25) is 0 Å². The average molecular weight is 155 g/mol. The van der Waals surface area contributed by atoms with Gasteiger partial charge in [0, 0.05) is 13.7 Å². The van der Waals surface area contributed by atoms with Crippen molar-refractivity contribution in [3.05, 3.63) is 0 Å². The van der Waals surface area contributed by atoms with Gasteiger partial charge in [0.05, 0.1) is 6.61 Å². The second kappa shape index (κ2) is 7.52. The first-order chi connectivity index (χ1) is 3.77. The second-order valence-electron chi connectivity index (χ2n) is 1.28. The fourth-order valence-electron chi connectivity index (χ4n) is 0.276. The maximum atomic E-state index is 9.93. The number of hydrogen-bond acceptors (Lipinski definition) is 2. The molecule has 4 nitrogen and oxygen atoms in total. The molecule has 0 aromatic heterocycles. The van der Waals surface area contributed by atoms with Crippen LogP contribution in [0.25, 0.3) is 0 Å². The SMILES string of the molecule is COCCNC(N)=O.Cl. The van der Waals surface area contributed by atoms with Crippen molar-refractivity contribution in [2.75, 3.05) is 20.3 Å². The van der Waals surface area contributed by atoms with E-state index in [2.05, 4.69) is 10.1 Å². The Bertz CT molecular complexity index is 79.0. The predicted octanol–water partition coefficient (Wildman–Crippen LogP) is -0.277. The van der Waals surface area contributed by atoms with Crippen molar-refractivity contribution < 1.29 is 9.53 Å². The van der Waals surface area contributed by atoms with Crippen LogP contribution in [0.5, 0.6) is 0 Å². The van der Waals surface area contributed by atoms with Gasteiger partial charge < -0.3 is 15.8 Å². The summed E-state index contributed by atoms with van der Waals surface area (Å²) < 4.78 is 4.62. The van der Waals surface area contributed by atoms with Crippen LogP contribution < -0.4 is 11.1 Å². The Morgan fingerprint density at radius 3 is 2.67 bits per heavy atom. The summed E-state index contributed by atoms with van der Waals surface area (Å²) in [7, 11) is 1.56. The summed E-state index contributed by atoms with van der Waals surface area (Å²) in [5.41, 5.74) is 4.73. The number of nitrogens with one attached hydrogen (secondary N) is 1. The highest BCUT2D eigenvalue weighted by atomic mass is 35.5. The number of hydrogen-bond donors (Lipinski definition) is 2. The summed E-state index contributed by atoms with van der Waals surface area (Å²) >= 11 is 0. The lowest BCUT2D eigenvalue weighted by molar-refractivity contribution is 0.197. The topological polar surface area (TPSA) is 64.3 Å². The first-order valence-corrected chi connectivity index (χ1v) is 2.29. The second-order valence-corrected chi connectivity index (χ2v) is 1.28. The number of nitrogens with two attached hydrogens (primary N) is 1. The van der Waals surface area contributed by atoms with E-state index in [-0.39, 0.29) is 12.4 Å². The van der Waals surface area contributed by atoms with Crippen LogP contribution in [0, 0.1) is 0 Å². The van der Waals surface area contributed by atoms with Gasteiger partial charge >= 0.3 is 6.03 Å². The van der Waals surface area contributed by atoms with Crippen LogP contribution >= 0.6 is 12.4 Å². The fraction of sp³-hybridized carbons (Fsp3) is 0.750. The highest BCUT2D eigenvalue weighted by molar-refractivity contribution is 5.85. The number of halogens is 1. The van der Waals surface area contributed by atoms with Crippen molar-refractivity contribution in [2.45, 2.75) is 0 Å². The highest BCUT2D eigenvalue weighted by Crippen LogP contribution is 1.61. The summed E-state index contributed by atoms with van der Waals surface area (Å²) in [5, 5.41) is 2.36. The van der Waals surface area contributed by atoms with E-state index in [0.717, 1.165) is 0 Å². The Balaban J connectivity index is 0. The molecule has 0 bridgehead atoms. The molecule has 0 aliphatic heterocycles. The van der Waals surface area contributed by atoms with Gasteiger partial charge in [0.25, 0.3) is 0 Å². The molecule has 0 unspecified atom stereocenters. The maximum Gasteiger partial charge on any atom is 0.312 e. The number of primary amides is 1. The summed E-state index contributed by atoms with van der Waals surface area (Å²) in [6.07, 6.45) is 0. The molecule has 0 rings (SSSR count). The quantitative estimate of drug-likeness (QED) is 0.550. The highest BCUT2D eigenvalue weighted by Gasteiger charge is 1.86. The van der Waals surface area contributed by atoms with Crippen LogP contribution in [0.1, 0.15) is 0 Å². The molecule has 0 aromatic rings. The molecule has 2 amide bonds. The largest absolute Gasteiger partial charge is 0.383 e. The van der Waals surface area contributed by atoms with E-state index in [9.17, 15) is 4.79 Å². The molecule has 0 heterocycles. The molecule has 5 heteroatoms. The molecule has 0 fully saturated rings. The number of rotatable bonds is 3. The number of methoxy groups -OCH3 is 1. The van der Waals surface area contributed by atoms with Crippen LogP contribution in [-0.4, -0.2) is 26.3 Å². The van der Waals surface area contributed by atoms with E-state index in [1.54, 1.807) is 7.11 Å². The molecule has 0 saturated carbocycles.